The Kier molecular flexibility index (Phi) is 3.85. The lowest BCUT2D eigenvalue weighted by atomic mass is 10.1. The molecule has 0 saturated carbocycles. The molecule has 3 heteroatoms. The minimum Gasteiger partial charge on any atom is -0.326 e. The molecule has 0 aromatic heterocycles. The van der Waals surface area contributed by atoms with Crippen LogP contribution in [0.1, 0.15) is 16.7 Å². The van der Waals surface area contributed by atoms with E-state index >= 15 is 0 Å². The molecular formula is C15H17N3. The van der Waals surface area contributed by atoms with Gasteiger partial charge in [0, 0.05) is 6.54 Å². The third kappa shape index (κ3) is 3.25. The molecule has 18 heavy (non-hydrogen) atoms. The SMILES string of the molecule is Cc1cccc(N=Nc2cc(C)cc(CN)c2)c1. The summed E-state index contributed by atoms with van der Waals surface area (Å²) in [6.45, 7) is 4.59. The van der Waals surface area contributed by atoms with Crippen molar-refractivity contribution < 1.29 is 0 Å². The fraction of sp³-hybridized carbons (Fsp3) is 0.200. The number of aryl methyl sites for hydroxylation is 2. The second-order valence-corrected chi connectivity index (χ2v) is 4.42. The van der Waals surface area contributed by atoms with E-state index in [4.69, 9.17) is 5.73 Å². The maximum Gasteiger partial charge on any atom is 0.0862 e. The summed E-state index contributed by atoms with van der Waals surface area (Å²) in [7, 11) is 0. The Morgan fingerprint density at radius 2 is 1.61 bits per heavy atom. The number of benzene rings is 2. The molecule has 0 aliphatic carbocycles. The van der Waals surface area contributed by atoms with Crippen LogP contribution >= 0.6 is 0 Å². The highest BCUT2D eigenvalue weighted by Gasteiger charge is 1.96. The predicted molar refractivity (Wildman–Crippen MR) is 74.4 cm³/mol. The second kappa shape index (κ2) is 5.56. The van der Waals surface area contributed by atoms with Crippen LogP contribution < -0.4 is 5.73 Å². The molecule has 0 bridgehead atoms. The van der Waals surface area contributed by atoms with Gasteiger partial charge in [-0.3, -0.25) is 0 Å². The van der Waals surface area contributed by atoms with Gasteiger partial charge in [0.2, 0.25) is 0 Å². The maximum absolute atomic E-state index is 5.64. The van der Waals surface area contributed by atoms with E-state index in [1.165, 1.54) is 5.56 Å². The van der Waals surface area contributed by atoms with Gasteiger partial charge < -0.3 is 5.73 Å². The minimum absolute atomic E-state index is 0.522. The van der Waals surface area contributed by atoms with Gasteiger partial charge in [0.25, 0.3) is 0 Å². The molecule has 2 rings (SSSR count). The summed E-state index contributed by atoms with van der Waals surface area (Å²) < 4.78 is 0. The third-order valence-electron chi connectivity index (χ3n) is 2.64. The Morgan fingerprint density at radius 3 is 2.33 bits per heavy atom. The van der Waals surface area contributed by atoms with Crippen molar-refractivity contribution in [2.75, 3.05) is 0 Å². The minimum atomic E-state index is 0.522. The van der Waals surface area contributed by atoms with Gasteiger partial charge in [0.1, 0.15) is 0 Å². The fourth-order valence-corrected chi connectivity index (χ4v) is 1.82. The molecule has 0 saturated heterocycles. The Balaban J connectivity index is 2.25. The molecule has 0 aliphatic heterocycles. The summed E-state index contributed by atoms with van der Waals surface area (Å²) in [6.07, 6.45) is 0. The van der Waals surface area contributed by atoms with Crippen LogP contribution in [0, 0.1) is 13.8 Å². The lowest BCUT2D eigenvalue weighted by molar-refractivity contribution is 1.06. The molecule has 0 aliphatic rings. The first-order valence-corrected chi connectivity index (χ1v) is 5.96. The largest absolute Gasteiger partial charge is 0.326 e. The molecule has 2 aromatic rings. The first kappa shape index (κ1) is 12.5. The highest BCUT2D eigenvalue weighted by molar-refractivity contribution is 5.45. The Labute approximate surface area is 107 Å². The van der Waals surface area contributed by atoms with Gasteiger partial charge in [-0.1, -0.05) is 18.2 Å². The third-order valence-corrected chi connectivity index (χ3v) is 2.64. The Morgan fingerprint density at radius 1 is 0.889 bits per heavy atom. The topological polar surface area (TPSA) is 50.7 Å². The Bertz CT molecular complexity index is 574. The van der Waals surface area contributed by atoms with E-state index in [1.54, 1.807) is 0 Å². The van der Waals surface area contributed by atoms with E-state index in [0.29, 0.717) is 6.54 Å². The van der Waals surface area contributed by atoms with Gasteiger partial charge in [-0.25, -0.2) is 0 Å². The van der Waals surface area contributed by atoms with Crippen LogP contribution in [0.25, 0.3) is 0 Å². The maximum atomic E-state index is 5.64. The van der Waals surface area contributed by atoms with Gasteiger partial charge >= 0.3 is 0 Å². The summed E-state index contributed by atoms with van der Waals surface area (Å²) in [5.74, 6) is 0. The van der Waals surface area contributed by atoms with E-state index < -0.39 is 0 Å². The number of nitrogens with two attached hydrogens (primary N) is 1. The van der Waals surface area contributed by atoms with Gasteiger partial charge in [0.15, 0.2) is 0 Å². The molecule has 3 nitrogen and oxygen atoms in total. The van der Waals surface area contributed by atoms with E-state index in [1.807, 2.05) is 50.2 Å². The van der Waals surface area contributed by atoms with Crippen LogP contribution in [0.4, 0.5) is 11.4 Å². The summed E-state index contributed by atoms with van der Waals surface area (Å²) in [5.41, 5.74) is 10.8. The van der Waals surface area contributed by atoms with Gasteiger partial charge in [0.05, 0.1) is 11.4 Å². The molecule has 2 N–H and O–H groups in total. The van der Waals surface area contributed by atoms with Crippen molar-refractivity contribution in [3.05, 3.63) is 59.2 Å². The standard InChI is InChI=1S/C15H17N3/c1-11-4-3-5-14(7-11)17-18-15-8-12(2)6-13(9-15)10-16/h3-9H,10,16H2,1-2H3. The van der Waals surface area contributed by atoms with E-state index in [0.717, 1.165) is 22.5 Å². The van der Waals surface area contributed by atoms with E-state index in [9.17, 15) is 0 Å². The van der Waals surface area contributed by atoms with Crippen LogP contribution in [0.2, 0.25) is 0 Å². The Hall–Kier alpha value is -2.00. The lowest BCUT2D eigenvalue weighted by Crippen LogP contribution is -1.95. The molecule has 0 atom stereocenters. The molecule has 2 aromatic carbocycles. The molecule has 0 amide bonds. The van der Waals surface area contributed by atoms with Crippen LogP contribution in [0.15, 0.2) is 52.7 Å². The normalized spacial score (nSPS) is 11.1. The monoisotopic (exact) mass is 239 g/mol. The van der Waals surface area contributed by atoms with Crippen molar-refractivity contribution in [3.63, 3.8) is 0 Å². The lowest BCUT2D eigenvalue weighted by Gasteiger charge is -2.01. The molecule has 0 radical (unpaired) electrons. The van der Waals surface area contributed by atoms with E-state index in [2.05, 4.69) is 16.3 Å². The highest BCUT2D eigenvalue weighted by Crippen LogP contribution is 2.21. The zero-order valence-electron chi connectivity index (χ0n) is 10.7. The first-order valence-electron chi connectivity index (χ1n) is 5.96. The number of hydrogen-bond acceptors (Lipinski definition) is 3. The zero-order valence-corrected chi connectivity index (χ0v) is 10.7. The molecule has 0 fully saturated rings. The first-order chi connectivity index (χ1) is 8.67. The number of azo groups is 1. The van der Waals surface area contributed by atoms with Crippen LogP contribution in [-0.4, -0.2) is 0 Å². The predicted octanol–water partition coefficient (Wildman–Crippen LogP) is 4.18. The van der Waals surface area contributed by atoms with Gasteiger partial charge in [-0.2, -0.15) is 10.2 Å². The fourth-order valence-electron chi connectivity index (χ4n) is 1.82. The highest BCUT2D eigenvalue weighted by atomic mass is 15.1. The number of rotatable bonds is 3. The summed E-state index contributed by atoms with van der Waals surface area (Å²) >= 11 is 0. The smallest absolute Gasteiger partial charge is 0.0862 e. The average Bonchev–Trinajstić information content (AvgIpc) is 2.36. The van der Waals surface area contributed by atoms with Crippen LogP contribution in [0.3, 0.4) is 0 Å². The molecule has 0 heterocycles. The van der Waals surface area contributed by atoms with Crippen molar-refractivity contribution >= 4 is 11.4 Å². The molecule has 0 spiro atoms. The van der Waals surface area contributed by atoms with Crippen molar-refractivity contribution in [1.29, 1.82) is 0 Å². The number of hydrogen-bond donors (Lipinski definition) is 1. The molecular weight excluding hydrogens is 222 g/mol. The van der Waals surface area contributed by atoms with Crippen molar-refractivity contribution in [2.45, 2.75) is 20.4 Å². The quantitative estimate of drug-likeness (QED) is 0.802. The van der Waals surface area contributed by atoms with Gasteiger partial charge in [-0.05, 0) is 54.8 Å². The van der Waals surface area contributed by atoms with Crippen LogP contribution in [-0.2, 0) is 6.54 Å². The van der Waals surface area contributed by atoms with E-state index in [-0.39, 0.29) is 0 Å². The second-order valence-electron chi connectivity index (χ2n) is 4.42. The summed E-state index contributed by atoms with van der Waals surface area (Å²) in [5, 5.41) is 8.49. The zero-order chi connectivity index (χ0) is 13.0. The van der Waals surface area contributed by atoms with Gasteiger partial charge in [-0.15, -0.1) is 0 Å². The number of nitrogens with zero attached hydrogens (tertiary/aromatic N) is 2. The van der Waals surface area contributed by atoms with Crippen molar-refractivity contribution in [3.8, 4) is 0 Å². The van der Waals surface area contributed by atoms with Crippen LogP contribution in [0.5, 0.6) is 0 Å². The average molecular weight is 239 g/mol. The molecule has 0 unspecified atom stereocenters. The summed E-state index contributed by atoms with van der Waals surface area (Å²) in [6, 6.07) is 14.0. The van der Waals surface area contributed by atoms with Crippen molar-refractivity contribution in [2.24, 2.45) is 16.0 Å². The summed E-state index contributed by atoms with van der Waals surface area (Å²) in [4.78, 5) is 0. The molecule has 92 valence electrons. The van der Waals surface area contributed by atoms with Crippen molar-refractivity contribution in [1.82, 2.24) is 0 Å².